The molecule has 0 spiro atoms. The summed E-state index contributed by atoms with van der Waals surface area (Å²) in [4.78, 5) is 24.8. The minimum absolute atomic E-state index is 0.265. The molecule has 0 aliphatic carbocycles. The van der Waals surface area contributed by atoms with E-state index >= 15 is 0 Å². The summed E-state index contributed by atoms with van der Waals surface area (Å²) in [5, 5.41) is 5.41. The Labute approximate surface area is 165 Å². The predicted octanol–water partition coefficient (Wildman–Crippen LogP) is 3.62. The Kier molecular flexibility index (Phi) is 7.55. The minimum Gasteiger partial charge on any atom is -0.444 e. The van der Waals surface area contributed by atoms with Gasteiger partial charge in [0.2, 0.25) is 5.91 Å². The number of nitrogens with one attached hydrogen (secondary N) is 2. The number of carbonyl (C=O) groups excluding carboxylic acids is 2. The first-order valence-corrected chi connectivity index (χ1v) is 9.29. The van der Waals surface area contributed by atoms with E-state index in [0.717, 1.165) is 5.56 Å². The molecule has 0 aromatic heterocycles. The Morgan fingerprint density at radius 3 is 2.32 bits per heavy atom. The zero-order valence-electron chi connectivity index (χ0n) is 16.5. The highest BCUT2D eigenvalue weighted by molar-refractivity contribution is 5.86. The molecule has 28 heavy (non-hydrogen) atoms. The van der Waals surface area contributed by atoms with Crippen molar-refractivity contribution in [2.75, 3.05) is 6.54 Å². The fraction of sp³-hybridized carbons (Fsp3) is 0.364. The number of hydrogen-bond donors (Lipinski definition) is 2. The van der Waals surface area contributed by atoms with E-state index in [9.17, 15) is 14.0 Å². The van der Waals surface area contributed by atoms with Gasteiger partial charge >= 0.3 is 6.09 Å². The summed E-state index contributed by atoms with van der Waals surface area (Å²) in [6.07, 6.45) is 0.0341. The van der Waals surface area contributed by atoms with Crippen LogP contribution >= 0.6 is 0 Å². The number of amides is 2. The molecule has 0 saturated heterocycles. The first kappa shape index (κ1) is 21.4. The molecule has 2 aromatic carbocycles. The van der Waals surface area contributed by atoms with Gasteiger partial charge in [-0.05, 0) is 44.4 Å². The predicted molar refractivity (Wildman–Crippen MR) is 106 cm³/mol. The monoisotopic (exact) mass is 386 g/mol. The molecule has 0 bridgehead atoms. The lowest BCUT2D eigenvalue weighted by atomic mass is 10.1. The average molecular weight is 386 g/mol. The maximum absolute atomic E-state index is 13.7. The van der Waals surface area contributed by atoms with Crippen molar-refractivity contribution in [2.24, 2.45) is 0 Å². The zero-order valence-corrected chi connectivity index (χ0v) is 16.5. The van der Waals surface area contributed by atoms with Crippen molar-refractivity contribution in [1.82, 2.24) is 10.6 Å². The van der Waals surface area contributed by atoms with E-state index in [-0.39, 0.29) is 18.3 Å². The van der Waals surface area contributed by atoms with Crippen molar-refractivity contribution in [3.05, 3.63) is 71.5 Å². The van der Waals surface area contributed by atoms with Crippen molar-refractivity contribution >= 4 is 12.0 Å². The van der Waals surface area contributed by atoms with Crippen LogP contribution in [0.15, 0.2) is 54.6 Å². The van der Waals surface area contributed by atoms with Crippen LogP contribution in [0, 0.1) is 5.82 Å². The molecule has 0 saturated carbocycles. The van der Waals surface area contributed by atoms with Crippen LogP contribution in [0.1, 0.15) is 31.9 Å². The Bertz CT molecular complexity index is 788. The molecular weight excluding hydrogens is 359 g/mol. The van der Waals surface area contributed by atoms with E-state index in [1.165, 1.54) is 6.07 Å². The third-order valence-electron chi connectivity index (χ3n) is 3.94. The van der Waals surface area contributed by atoms with Crippen LogP contribution in [0.25, 0.3) is 0 Å². The van der Waals surface area contributed by atoms with Gasteiger partial charge in [-0.2, -0.15) is 0 Å². The van der Waals surface area contributed by atoms with E-state index in [0.29, 0.717) is 18.4 Å². The lowest BCUT2D eigenvalue weighted by Crippen LogP contribution is -2.49. The molecule has 1 unspecified atom stereocenters. The maximum atomic E-state index is 13.7. The molecule has 2 N–H and O–H groups in total. The van der Waals surface area contributed by atoms with Crippen LogP contribution in [0.4, 0.5) is 9.18 Å². The second-order valence-electron chi connectivity index (χ2n) is 7.52. The second-order valence-corrected chi connectivity index (χ2v) is 7.52. The van der Waals surface area contributed by atoms with Gasteiger partial charge in [0, 0.05) is 13.0 Å². The maximum Gasteiger partial charge on any atom is 0.408 e. The lowest BCUT2D eigenvalue weighted by Gasteiger charge is -2.23. The normalized spacial score (nSPS) is 12.1. The van der Waals surface area contributed by atoms with E-state index in [2.05, 4.69) is 10.6 Å². The van der Waals surface area contributed by atoms with Gasteiger partial charge in [-0.3, -0.25) is 4.79 Å². The molecule has 150 valence electrons. The number of rotatable bonds is 7. The molecule has 0 fully saturated rings. The Morgan fingerprint density at radius 2 is 1.68 bits per heavy atom. The van der Waals surface area contributed by atoms with Crippen molar-refractivity contribution in [3.8, 4) is 0 Å². The fourth-order valence-electron chi connectivity index (χ4n) is 2.65. The quantitative estimate of drug-likeness (QED) is 0.764. The Balaban J connectivity index is 1.99. The summed E-state index contributed by atoms with van der Waals surface area (Å²) in [6, 6.07) is 15.0. The van der Waals surface area contributed by atoms with Gasteiger partial charge < -0.3 is 15.4 Å². The van der Waals surface area contributed by atoms with Crippen molar-refractivity contribution in [3.63, 3.8) is 0 Å². The van der Waals surface area contributed by atoms with Crippen LogP contribution in [0.3, 0.4) is 0 Å². The summed E-state index contributed by atoms with van der Waals surface area (Å²) >= 11 is 0. The largest absolute Gasteiger partial charge is 0.444 e. The van der Waals surface area contributed by atoms with E-state index < -0.39 is 17.7 Å². The van der Waals surface area contributed by atoms with Crippen LogP contribution in [-0.4, -0.2) is 30.2 Å². The molecule has 2 aromatic rings. The Hall–Kier alpha value is -2.89. The molecule has 0 heterocycles. The van der Waals surface area contributed by atoms with Crippen molar-refractivity contribution in [2.45, 2.75) is 45.3 Å². The van der Waals surface area contributed by atoms with Gasteiger partial charge in [0.25, 0.3) is 0 Å². The summed E-state index contributed by atoms with van der Waals surface area (Å²) in [5.74, 6) is -0.643. The number of halogens is 1. The third-order valence-corrected chi connectivity index (χ3v) is 3.94. The molecule has 0 aliphatic rings. The molecule has 1 atom stereocenters. The summed E-state index contributed by atoms with van der Waals surface area (Å²) in [5.41, 5.74) is 0.776. The highest BCUT2D eigenvalue weighted by Gasteiger charge is 2.24. The average Bonchev–Trinajstić information content (AvgIpc) is 2.62. The Morgan fingerprint density at radius 1 is 1.04 bits per heavy atom. The van der Waals surface area contributed by atoms with E-state index in [1.807, 2.05) is 30.3 Å². The van der Waals surface area contributed by atoms with E-state index in [1.54, 1.807) is 39.0 Å². The number of carbonyl (C=O) groups is 2. The smallest absolute Gasteiger partial charge is 0.408 e. The van der Waals surface area contributed by atoms with Crippen LogP contribution in [-0.2, 0) is 22.4 Å². The SMILES string of the molecule is CC(C)(C)OC(=O)NC(Cc1ccccc1)C(=O)NCCc1ccccc1F. The highest BCUT2D eigenvalue weighted by atomic mass is 19.1. The number of ether oxygens (including phenoxy) is 1. The molecule has 0 aliphatic heterocycles. The van der Waals surface area contributed by atoms with Gasteiger partial charge in [0.1, 0.15) is 17.5 Å². The second kappa shape index (κ2) is 9.88. The van der Waals surface area contributed by atoms with Gasteiger partial charge in [-0.25, -0.2) is 9.18 Å². The first-order chi connectivity index (χ1) is 13.2. The first-order valence-electron chi connectivity index (χ1n) is 9.29. The minimum atomic E-state index is -0.794. The van der Waals surface area contributed by atoms with Gasteiger partial charge in [-0.1, -0.05) is 48.5 Å². The molecule has 6 heteroatoms. The van der Waals surface area contributed by atoms with Crippen molar-refractivity contribution < 1.29 is 18.7 Å². The van der Waals surface area contributed by atoms with Crippen LogP contribution < -0.4 is 10.6 Å². The lowest BCUT2D eigenvalue weighted by molar-refractivity contribution is -0.123. The van der Waals surface area contributed by atoms with Crippen LogP contribution in [0.5, 0.6) is 0 Å². The van der Waals surface area contributed by atoms with Gasteiger partial charge in [0.05, 0.1) is 0 Å². The van der Waals surface area contributed by atoms with Crippen LogP contribution in [0.2, 0.25) is 0 Å². The molecule has 5 nitrogen and oxygen atoms in total. The highest BCUT2D eigenvalue weighted by Crippen LogP contribution is 2.09. The van der Waals surface area contributed by atoms with Gasteiger partial charge in [-0.15, -0.1) is 0 Å². The van der Waals surface area contributed by atoms with Gasteiger partial charge in [0.15, 0.2) is 0 Å². The molecular formula is C22H27FN2O3. The number of benzene rings is 2. The summed E-state index contributed by atoms with van der Waals surface area (Å²) in [7, 11) is 0. The molecule has 2 amide bonds. The standard InChI is InChI=1S/C22H27FN2O3/c1-22(2,3)28-21(27)25-19(15-16-9-5-4-6-10-16)20(26)24-14-13-17-11-7-8-12-18(17)23/h4-12,19H,13-15H2,1-3H3,(H,24,26)(H,25,27). The number of alkyl carbamates (subject to hydrolysis) is 1. The van der Waals surface area contributed by atoms with E-state index in [4.69, 9.17) is 4.74 Å². The fourth-order valence-corrected chi connectivity index (χ4v) is 2.65. The third kappa shape index (κ3) is 7.39. The topological polar surface area (TPSA) is 67.4 Å². The molecule has 0 radical (unpaired) electrons. The number of hydrogen-bond acceptors (Lipinski definition) is 3. The molecule has 2 rings (SSSR count). The summed E-state index contributed by atoms with van der Waals surface area (Å²) < 4.78 is 19.0. The zero-order chi connectivity index (χ0) is 20.6. The summed E-state index contributed by atoms with van der Waals surface area (Å²) in [6.45, 7) is 5.54. The van der Waals surface area contributed by atoms with Crippen molar-refractivity contribution in [1.29, 1.82) is 0 Å².